The summed E-state index contributed by atoms with van der Waals surface area (Å²) in [5, 5.41) is 7.73. The Morgan fingerprint density at radius 2 is 2.11 bits per heavy atom. The summed E-state index contributed by atoms with van der Waals surface area (Å²) in [6, 6.07) is 9.58. The average Bonchev–Trinajstić information content (AvgIpc) is 2.82. The van der Waals surface area contributed by atoms with E-state index in [1.165, 1.54) is 0 Å². The van der Waals surface area contributed by atoms with Crippen LogP contribution >= 0.6 is 0 Å². The summed E-state index contributed by atoms with van der Waals surface area (Å²) in [5.41, 5.74) is 1.22. The molecule has 1 aromatic heterocycles. The van der Waals surface area contributed by atoms with E-state index in [1.54, 1.807) is 4.68 Å². The molecule has 0 bridgehead atoms. The Bertz CT molecular complexity index is 508. The van der Waals surface area contributed by atoms with E-state index in [0.717, 1.165) is 17.7 Å². The monoisotopic (exact) mass is 245 g/mol. The number of rotatable bonds is 6. The number of ether oxygens (including phenoxy) is 1. The normalized spacial score (nSPS) is 10.3. The number of aromatic nitrogens is 3. The molecule has 2 aromatic rings. The predicted molar refractivity (Wildman–Crippen MR) is 66.7 cm³/mol. The standard InChI is InChI=1S/C13H15N3O2/c1-2-16-13(12(10-17)14-15-16)8-9-18-11-6-4-3-5-7-11/h3-7,10H,2,8-9H2,1H3. The highest BCUT2D eigenvalue weighted by Crippen LogP contribution is 2.10. The molecule has 0 radical (unpaired) electrons. The molecule has 94 valence electrons. The van der Waals surface area contributed by atoms with Gasteiger partial charge in [-0.1, -0.05) is 23.4 Å². The minimum Gasteiger partial charge on any atom is -0.493 e. The molecule has 18 heavy (non-hydrogen) atoms. The number of hydrogen-bond donors (Lipinski definition) is 0. The molecule has 0 amide bonds. The van der Waals surface area contributed by atoms with Gasteiger partial charge in [-0.25, -0.2) is 4.68 Å². The summed E-state index contributed by atoms with van der Waals surface area (Å²) in [6.45, 7) is 3.16. The molecule has 0 spiro atoms. The van der Waals surface area contributed by atoms with Crippen LogP contribution in [0.4, 0.5) is 0 Å². The molecule has 0 atom stereocenters. The highest BCUT2D eigenvalue weighted by molar-refractivity contribution is 5.73. The first-order chi connectivity index (χ1) is 8.85. The van der Waals surface area contributed by atoms with Crippen molar-refractivity contribution in [2.24, 2.45) is 0 Å². The van der Waals surface area contributed by atoms with E-state index in [0.29, 0.717) is 25.3 Å². The maximum atomic E-state index is 10.8. The van der Waals surface area contributed by atoms with Crippen molar-refractivity contribution in [3.8, 4) is 5.75 Å². The van der Waals surface area contributed by atoms with Gasteiger partial charge < -0.3 is 4.74 Å². The van der Waals surface area contributed by atoms with Gasteiger partial charge in [-0.2, -0.15) is 0 Å². The Balaban J connectivity index is 1.97. The Kier molecular flexibility index (Phi) is 4.06. The van der Waals surface area contributed by atoms with Gasteiger partial charge in [-0.15, -0.1) is 5.10 Å². The topological polar surface area (TPSA) is 57.0 Å². The molecule has 5 heteroatoms. The Hall–Kier alpha value is -2.17. The number of carbonyl (C=O) groups is 1. The van der Waals surface area contributed by atoms with Crippen LogP contribution in [0.1, 0.15) is 23.1 Å². The molecule has 0 fully saturated rings. The van der Waals surface area contributed by atoms with Crippen molar-refractivity contribution in [3.63, 3.8) is 0 Å². The third-order valence-corrected chi connectivity index (χ3v) is 2.63. The lowest BCUT2D eigenvalue weighted by Gasteiger charge is -2.07. The van der Waals surface area contributed by atoms with Gasteiger partial charge in [-0.3, -0.25) is 4.79 Å². The maximum absolute atomic E-state index is 10.8. The zero-order valence-electron chi connectivity index (χ0n) is 10.2. The second-order valence-corrected chi connectivity index (χ2v) is 3.77. The van der Waals surface area contributed by atoms with Crippen LogP contribution in [0, 0.1) is 0 Å². The number of aryl methyl sites for hydroxylation is 1. The minimum absolute atomic E-state index is 0.397. The molecule has 1 aromatic carbocycles. The highest BCUT2D eigenvalue weighted by atomic mass is 16.5. The summed E-state index contributed by atoms with van der Waals surface area (Å²) >= 11 is 0. The second-order valence-electron chi connectivity index (χ2n) is 3.77. The van der Waals surface area contributed by atoms with Crippen LogP contribution in [0.3, 0.4) is 0 Å². The first-order valence-corrected chi connectivity index (χ1v) is 5.90. The lowest BCUT2D eigenvalue weighted by Crippen LogP contribution is -2.09. The van der Waals surface area contributed by atoms with E-state index in [-0.39, 0.29) is 0 Å². The lowest BCUT2D eigenvalue weighted by molar-refractivity contribution is 0.111. The van der Waals surface area contributed by atoms with Crippen molar-refractivity contribution in [2.45, 2.75) is 19.9 Å². The highest BCUT2D eigenvalue weighted by Gasteiger charge is 2.10. The van der Waals surface area contributed by atoms with Crippen LogP contribution in [0.2, 0.25) is 0 Å². The van der Waals surface area contributed by atoms with E-state index < -0.39 is 0 Å². The Labute approximate surface area is 105 Å². The Morgan fingerprint density at radius 1 is 1.33 bits per heavy atom. The fourth-order valence-corrected chi connectivity index (χ4v) is 1.73. The van der Waals surface area contributed by atoms with Crippen molar-refractivity contribution >= 4 is 6.29 Å². The fraction of sp³-hybridized carbons (Fsp3) is 0.308. The molecule has 5 nitrogen and oxygen atoms in total. The molecule has 0 saturated carbocycles. The van der Waals surface area contributed by atoms with Gasteiger partial charge in [0, 0.05) is 13.0 Å². The molecule has 0 N–H and O–H groups in total. The summed E-state index contributed by atoms with van der Waals surface area (Å²) in [6.07, 6.45) is 1.35. The molecule has 2 rings (SSSR count). The van der Waals surface area contributed by atoms with Gasteiger partial charge in [0.15, 0.2) is 6.29 Å². The van der Waals surface area contributed by atoms with Gasteiger partial charge in [-0.05, 0) is 19.1 Å². The zero-order chi connectivity index (χ0) is 12.8. The summed E-state index contributed by atoms with van der Waals surface area (Å²) < 4.78 is 7.31. The van der Waals surface area contributed by atoms with Crippen molar-refractivity contribution in [1.82, 2.24) is 15.0 Å². The molecule has 1 heterocycles. The van der Waals surface area contributed by atoms with E-state index in [9.17, 15) is 4.79 Å². The predicted octanol–water partition coefficient (Wildman–Crippen LogP) is 1.73. The molecular weight excluding hydrogens is 230 g/mol. The van der Waals surface area contributed by atoms with E-state index >= 15 is 0 Å². The van der Waals surface area contributed by atoms with E-state index in [1.807, 2.05) is 37.3 Å². The third kappa shape index (κ3) is 2.74. The molecular formula is C13H15N3O2. The zero-order valence-corrected chi connectivity index (χ0v) is 10.2. The van der Waals surface area contributed by atoms with Crippen LogP contribution in [0.25, 0.3) is 0 Å². The van der Waals surface area contributed by atoms with Gasteiger partial charge in [0.1, 0.15) is 11.4 Å². The summed E-state index contributed by atoms with van der Waals surface area (Å²) in [4.78, 5) is 10.8. The van der Waals surface area contributed by atoms with Crippen LogP contribution in [0.5, 0.6) is 5.75 Å². The van der Waals surface area contributed by atoms with Crippen molar-refractivity contribution in [2.75, 3.05) is 6.61 Å². The smallest absolute Gasteiger partial charge is 0.172 e. The molecule has 0 aliphatic rings. The van der Waals surface area contributed by atoms with Crippen LogP contribution in [-0.4, -0.2) is 27.9 Å². The number of carbonyl (C=O) groups excluding carboxylic acids is 1. The average molecular weight is 245 g/mol. The lowest BCUT2D eigenvalue weighted by atomic mass is 10.2. The quantitative estimate of drug-likeness (QED) is 0.727. The largest absolute Gasteiger partial charge is 0.493 e. The molecule has 0 saturated heterocycles. The van der Waals surface area contributed by atoms with Crippen molar-refractivity contribution in [1.29, 1.82) is 0 Å². The van der Waals surface area contributed by atoms with Crippen molar-refractivity contribution in [3.05, 3.63) is 41.7 Å². The summed E-state index contributed by atoms with van der Waals surface area (Å²) in [5.74, 6) is 0.820. The number of nitrogens with zero attached hydrogens (tertiary/aromatic N) is 3. The van der Waals surface area contributed by atoms with Crippen LogP contribution < -0.4 is 4.74 Å². The number of benzene rings is 1. The number of aldehydes is 1. The SMILES string of the molecule is CCn1nnc(C=O)c1CCOc1ccccc1. The third-order valence-electron chi connectivity index (χ3n) is 2.63. The van der Waals surface area contributed by atoms with Gasteiger partial charge in [0.05, 0.1) is 12.3 Å². The molecule has 0 aliphatic carbocycles. The van der Waals surface area contributed by atoms with E-state index in [2.05, 4.69) is 10.3 Å². The van der Waals surface area contributed by atoms with Crippen molar-refractivity contribution < 1.29 is 9.53 Å². The fourth-order valence-electron chi connectivity index (χ4n) is 1.73. The summed E-state index contributed by atoms with van der Waals surface area (Å²) in [7, 11) is 0. The second kappa shape index (κ2) is 5.95. The van der Waals surface area contributed by atoms with Gasteiger partial charge >= 0.3 is 0 Å². The maximum Gasteiger partial charge on any atom is 0.172 e. The number of para-hydroxylation sites is 1. The minimum atomic E-state index is 0.397. The van der Waals surface area contributed by atoms with Crippen LogP contribution in [-0.2, 0) is 13.0 Å². The van der Waals surface area contributed by atoms with Crippen LogP contribution in [0.15, 0.2) is 30.3 Å². The Morgan fingerprint density at radius 3 is 2.78 bits per heavy atom. The number of hydrogen-bond acceptors (Lipinski definition) is 4. The first kappa shape index (κ1) is 12.3. The van der Waals surface area contributed by atoms with Gasteiger partial charge in [0.25, 0.3) is 0 Å². The first-order valence-electron chi connectivity index (χ1n) is 5.90. The van der Waals surface area contributed by atoms with E-state index in [4.69, 9.17) is 4.74 Å². The van der Waals surface area contributed by atoms with Gasteiger partial charge in [0.2, 0.25) is 0 Å². The molecule has 0 aliphatic heterocycles. The molecule has 0 unspecified atom stereocenters.